The van der Waals surface area contributed by atoms with Crippen molar-refractivity contribution in [1.29, 1.82) is 0 Å². The lowest BCUT2D eigenvalue weighted by Gasteiger charge is -2.23. The van der Waals surface area contributed by atoms with E-state index in [1.165, 1.54) is 12.3 Å². The number of aromatic carboxylic acids is 1. The van der Waals surface area contributed by atoms with Crippen molar-refractivity contribution in [2.45, 2.75) is 31.4 Å². The minimum atomic E-state index is -1.52. The SMILES string of the molecule is Nc1ncc([C@H]2CCC(=O)[C@@H](F)C2)nc1-c1ccc(C(=O)O)c(F)c1. The van der Waals surface area contributed by atoms with Crippen molar-refractivity contribution in [1.82, 2.24) is 9.97 Å². The topological polar surface area (TPSA) is 106 Å². The van der Waals surface area contributed by atoms with Crippen molar-refractivity contribution in [3.8, 4) is 11.3 Å². The maximum Gasteiger partial charge on any atom is 0.338 e. The van der Waals surface area contributed by atoms with E-state index in [4.69, 9.17) is 10.8 Å². The van der Waals surface area contributed by atoms with Gasteiger partial charge in [0, 0.05) is 17.9 Å². The average molecular weight is 347 g/mol. The molecule has 1 saturated carbocycles. The smallest absolute Gasteiger partial charge is 0.338 e. The summed E-state index contributed by atoms with van der Waals surface area (Å²) in [7, 11) is 0. The third kappa shape index (κ3) is 3.33. The summed E-state index contributed by atoms with van der Waals surface area (Å²) in [5.41, 5.74) is 6.29. The van der Waals surface area contributed by atoms with E-state index in [0.717, 1.165) is 12.1 Å². The zero-order valence-electron chi connectivity index (χ0n) is 13.1. The van der Waals surface area contributed by atoms with Crippen LogP contribution in [0.1, 0.15) is 41.2 Å². The second kappa shape index (κ2) is 6.54. The minimum Gasteiger partial charge on any atom is -0.478 e. The minimum absolute atomic E-state index is 0.0309. The van der Waals surface area contributed by atoms with Crippen LogP contribution >= 0.6 is 0 Å². The van der Waals surface area contributed by atoms with Crippen LogP contribution in [0.25, 0.3) is 11.3 Å². The Labute approximate surface area is 141 Å². The molecule has 0 spiro atoms. The van der Waals surface area contributed by atoms with Crippen molar-refractivity contribution < 1.29 is 23.5 Å². The van der Waals surface area contributed by atoms with Gasteiger partial charge in [-0.1, -0.05) is 6.07 Å². The normalized spacial score (nSPS) is 20.5. The fourth-order valence-electron chi connectivity index (χ4n) is 2.90. The predicted molar refractivity (Wildman–Crippen MR) is 85.3 cm³/mol. The fourth-order valence-corrected chi connectivity index (χ4v) is 2.90. The number of rotatable bonds is 3. The first-order valence-corrected chi connectivity index (χ1v) is 7.69. The highest BCUT2D eigenvalue weighted by Crippen LogP contribution is 2.33. The first-order chi connectivity index (χ1) is 11.9. The van der Waals surface area contributed by atoms with E-state index in [1.807, 2.05) is 0 Å². The summed E-state index contributed by atoms with van der Waals surface area (Å²) < 4.78 is 27.6. The Hall–Kier alpha value is -2.90. The Kier molecular flexibility index (Phi) is 4.43. The second-order valence-electron chi connectivity index (χ2n) is 5.93. The molecular formula is C17H15F2N3O3. The molecule has 0 unspecified atom stereocenters. The number of carbonyl (C=O) groups is 2. The van der Waals surface area contributed by atoms with Gasteiger partial charge in [-0.3, -0.25) is 4.79 Å². The molecular weight excluding hydrogens is 332 g/mol. The number of carboxylic acids is 1. The Morgan fingerprint density at radius 3 is 2.76 bits per heavy atom. The van der Waals surface area contributed by atoms with E-state index in [1.54, 1.807) is 0 Å². The summed E-state index contributed by atoms with van der Waals surface area (Å²) in [6, 6.07) is 3.53. The van der Waals surface area contributed by atoms with Crippen LogP contribution in [0.3, 0.4) is 0 Å². The number of halogens is 2. The number of Topliss-reactive ketones (excluding diaryl/α,β-unsaturated/α-hetero) is 1. The third-order valence-corrected chi connectivity index (χ3v) is 4.29. The molecule has 0 amide bonds. The highest BCUT2D eigenvalue weighted by molar-refractivity contribution is 5.89. The third-order valence-electron chi connectivity index (χ3n) is 4.29. The summed E-state index contributed by atoms with van der Waals surface area (Å²) in [6.45, 7) is 0. The van der Waals surface area contributed by atoms with Crippen LogP contribution in [-0.2, 0) is 4.79 Å². The lowest BCUT2D eigenvalue weighted by atomic mass is 9.85. The zero-order chi connectivity index (χ0) is 18.1. The number of carbonyl (C=O) groups excluding carboxylic acids is 1. The van der Waals surface area contributed by atoms with Gasteiger partial charge in [-0.2, -0.15) is 0 Å². The maximum atomic E-state index is 13.9. The Balaban J connectivity index is 1.96. The van der Waals surface area contributed by atoms with Gasteiger partial charge in [-0.05, 0) is 25.0 Å². The van der Waals surface area contributed by atoms with Crippen LogP contribution in [0.2, 0.25) is 0 Å². The molecule has 130 valence electrons. The molecule has 0 aliphatic heterocycles. The van der Waals surface area contributed by atoms with Gasteiger partial charge in [0.2, 0.25) is 0 Å². The molecule has 1 fully saturated rings. The predicted octanol–water partition coefficient (Wildman–Crippen LogP) is 2.74. The molecule has 1 heterocycles. The lowest BCUT2D eigenvalue weighted by molar-refractivity contribution is -0.125. The quantitative estimate of drug-likeness (QED) is 0.884. The van der Waals surface area contributed by atoms with Gasteiger partial charge >= 0.3 is 5.97 Å². The summed E-state index contributed by atoms with van der Waals surface area (Å²) in [5.74, 6) is -2.93. The summed E-state index contributed by atoms with van der Waals surface area (Å²) >= 11 is 0. The standard InChI is InChI=1S/C17H15F2N3O3/c18-11-6-9(1-3-10(11)17(24)25)15-16(20)21-7-13(22-15)8-2-4-14(23)12(19)5-8/h1,3,6-8,12H,2,4-5H2,(H2,20,21)(H,24,25)/t8-,12-/m0/s1. The number of carboxylic acid groups (broad SMARTS) is 1. The largest absolute Gasteiger partial charge is 0.478 e. The molecule has 2 atom stereocenters. The fraction of sp³-hybridized carbons (Fsp3) is 0.294. The van der Waals surface area contributed by atoms with E-state index in [2.05, 4.69) is 9.97 Å². The highest BCUT2D eigenvalue weighted by atomic mass is 19.1. The number of nitrogens with zero attached hydrogens (tertiary/aromatic N) is 2. The van der Waals surface area contributed by atoms with Gasteiger partial charge in [0.1, 0.15) is 17.3 Å². The monoisotopic (exact) mass is 347 g/mol. The number of alkyl halides is 1. The van der Waals surface area contributed by atoms with Gasteiger partial charge in [0.25, 0.3) is 0 Å². The van der Waals surface area contributed by atoms with Crippen LogP contribution in [-0.4, -0.2) is 33.0 Å². The van der Waals surface area contributed by atoms with Crippen LogP contribution < -0.4 is 5.73 Å². The van der Waals surface area contributed by atoms with Crippen LogP contribution in [0.15, 0.2) is 24.4 Å². The summed E-state index contributed by atoms with van der Waals surface area (Å²) in [6.07, 6.45) is 0.532. The molecule has 8 heteroatoms. The van der Waals surface area contributed by atoms with Gasteiger partial charge < -0.3 is 10.8 Å². The molecule has 25 heavy (non-hydrogen) atoms. The van der Waals surface area contributed by atoms with Gasteiger partial charge in [-0.25, -0.2) is 23.5 Å². The number of nitrogens with two attached hydrogens (primary N) is 1. The Bertz CT molecular complexity index is 857. The van der Waals surface area contributed by atoms with Crippen molar-refractivity contribution in [3.05, 3.63) is 41.5 Å². The number of hydrogen-bond donors (Lipinski definition) is 2. The van der Waals surface area contributed by atoms with Crippen molar-refractivity contribution in [3.63, 3.8) is 0 Å². The van der Waals surface area contributed by atoms with Gasteiger partial charge in [0.15, 0.2) is 12.0 Å². The van der Waals surface area contributed by atoms with Crippen molar-refractivity contribution >= 4 is 17.6 Å². The van der Waals surface area contributed by atoms with Gasteiger partial charge in [0.05, 0.1) is 17.5 Å². The van der Waals surface area contributed by atoms with E-state index in [-0.39, 0.29) is 35.8 Å². The van der Waals surface area contributed by atoms with Crippen molar-refractivity contribution in [2.24, 2.45) is 0 Å². The average Bonchev–Trinajstić information content (AvgIpc) is 2.57. The molecule has 3 N–H and O–H groups in total. The van der Waals surface area contributed by atoms with Crippen LogP contribution in [0.4, 0.5) is 14.6 Å². The maximum absolute atomic E-state index is 13.9. The molecule has 0 radical (unpaired) electrons. The first kappa shape index (κ1) is 16.9. The Morgan fingerprint density at radius 1 is 1.36 bits per heavy atom. The van der Waals surface area contributed by atoms with E-state index in [0.29, 0.717) is 12.1 Å². The molecule has 1 aromatic carbocycles. The zero-order valence-corrected chi connectivity index (χ0v) is 13.1. The molecule has 0 saturated heterocycles. The van der Waals surface area contributed by atoms with Crippen molar-refractivity contribution in [2.75, 3.05) is 5.73 Å². The molecule has 2 aromatic rings. The summed E-state index contributed by atoms with van der Waals surface area (Å²) in [4.78, 5) is 30.6. The molecule has 1 aliphatic carbocycles. The first-order valence-electron chi connectivity index (χ1n) is 7.69. The van der Waals surface area contributed by atoms with Crippen LogP contribution in [0, 0.1) is 5.82 Å². The second-order valence-corrected chi connectivity index (χ2v) is 5.93. The number of aromatic nitrogens is 2. The molecule has 1 aromatic heterocycles. The van der Waals surface area contributed by atoms with E-state index >= 15 is 0 Å². The molecule has 6 nitrogen and oxygen atoms in total. The van der Waals surface area contributed by atoms with Crippen LogP contribution in [0.5, 0.6) is 0 Å². The molecule has 1 aliphatic rings. The number of hydrogen-bond acceptors (Lipinski definition) is 5. The number of benzene rings is 1. The summed E-state index contributed by atoms with van der Waals surface area (Å²) in [5, 5.41) is 8.89. The number of ketones is 1. The Morgan fingerprint density at radius 2 is 2.12 bits per heavy atom. The number of anilines is 1. The van der Waals surface area contributed by atoms with E-state index in [9.17, 15) is 18.4 Å². The van der Waals surface area contributed by atoms with E-state index < -0.39 is 29.3 Å². The van der Waals surface area contributed by atoms with Gasteiger partial charge in [-0.15, -0.1) is 0 Å². The molecule has 3 rings (SSSR count). The molecule has 0 bridgehead atoms. The number of nitrogen functional groups attached to an aromatic ring is 1. The lowest BCUT2D eigenvalue weighted by Crippen LogP contribution is -2.25. The highest BCUT2D eigenvalue weighted by Gasteiger charge is 2.30.